The number of benzene rings is 3. The topological polar surface area (TPSA) is 124 Å². The fraction of sp³-hybridized carbons (Fsp3) is 0.130. The molecule has 0 aliphatic rings. The van der Waals surface area contributed by atoms with E-state index in [2.05, 4.69) is 20.0 Å². The number of carbonyl (C=O) groups is 1. The number of amides is 1. The second kappa shape index (κ2) is 9.20. The maximum atomic E-state index is 14.2. The van der Waals surface area contributed by atoms with Crippen molar-refractivity contribution < 1.29 is 27.1 Å². The Morgan fingerprint density at radius 2 is 1.82 bits per heavy atom. The number of nitrogens with zero attached hydrogens (tertiary/aromatic N) is 1. The van der Waals surface area contributed by atoms with Crippen molar-refractivity contribution in [1.29, 1.82) is 0 Å². The first-order chi connectivity index (χ1) is 16.1. The third-order valence-corrected chi connectivity index (χ3v) is 5.77. The Bertz CT molecular complexity index is 1490. The van der Waals surface area contributed by atoms with Gasteiger partial charge in [0.05, 0.1) is 17.4 Å². The Balaban J connectivity index is 1.56. The van der Waals surface area contributed by atoms with Crippen LogP contribution in [-0.4, -0.2) is 42.2 Å². The summed E-state index contributed by atoms with van der Waals surface area (Å²) in [6.07, 6.45) is 1.57. The van der Waals surface area contributed by atoms with Crippen LogP contribution in [0.4, 0.5) is 14.5 Å². The molecule has 0 saturated carbocycles. The lowest BCUT2D eigenvalue weighted by molar-refractivity contribution is 0.102. The van der Waals surface area contributed by atoms with Crippen molar-refractivity contribution >= 4 is 32.7 Å². The van der Waals surface area contributed by atoms with Gasteiger partial charge in [-0.2, -0.15) is 0 Å². The SMILES string of the molecule is CS(=O)(=O)NCCc1ccc(NC(=O)c2ccc(O)c3[nH]c(-c4ccc(F)cc4F)nc23)cc1. The minimum absolute atomic E-state index is 0.00990. The lowest BCUT2D eigenvalue weighted by Gasteiger charge is -2.08. The summed E-state index contributed by atoms with van der Waals surface area (Å²) in [6, 6.07) is 12.6. The van der Waals surface area contributed by atoms with Crippen molar-refractivity contribution in [2.24, 2.45) is 0 Å². The number of fused-ring (bicyclic) bond motifs is 1. The van der Waals surface area contributed by atoms with E-state index in [1.807, 2.05) is 0 Å². The third kappa shape index (κ3) is 5.21. The van der Waals surface area contributed by atoms with E-state index >= 15 is 0 Å². The molecular weight excluding hydrogens is 466 g/mol. The predicted octanol–water partition coefficient (Wildman–Crippen LogP) is 3.56. The Labute approximate surface area is 193 Å². The molecule has 4 aromatic rings. The number of anilines is 1. The van der Waals surface area contributed by atoms with E-state index in [-0.39, 0.29) is 40.3 Å². The summed E-state index contributed by atoms with van der Waals surface area (Å²) >= 11 is 0. The van der Waals surface area contributed by atoms with Gasteiger partial charge in [-0.1, -0.05) is 12.1 Å². The number of phenols is 1. The van der Waals surface area contributed by atoms with Gasteiger partial charge in [-0.25, -0.2) is 26.9 Å². The monoisotopic (exact) mass is 486 g/mol. The Morgan fingerprint density at radius 1 is 1.09 bits per heavy atom. The minimum Gasteiger partial charge on any atom is -0.506 e. The van der Waals surface area contributed by atoms with E-state index < -0.39 is 27.6 Å². The summed E-state index contributed by atoms with van der Waals surface area (Å²) in [6.45, 7) is 0.256. The highest BCUT2D eigenvalue weighted by molar-refractivity contribution is 7.88. The molecule has 34 heavy (non-hydrogen) atoms. The molecule has 1 heterocycles. The van der Waals surface area contributed by atoms with E-state index in [1.54, 1.807) is 24.3 Å². The summed E-state index contributed by atoms with van der Waals surface area (Å²) in [4.78, 5) is 20.0. The molecule has 0 radical (unpaired) electrons. The first kappa shape index (κ1) is 23.3. The molecule has 4 N–H and O–H groups in total. The first-order valence-corrected chi connectivity index (χ1v) is 12.0. The molecule has 0 saturated heterocycles. The fourth-order valence-electron chi connectivity index (χ4n) is 3.40. The predicted molar refractivity (Wildman–Crippen MR) is 124 cm³/mol. The van der Waals surface area contributed by atoms with Gasteiger partial charge in [0.2, 0.25) is 10.0 Å². The van der Waals surface area contributed by atoms with Crippen molar-refractivity contribution in [3.8, 4) is 17.1 Å². The number of carbonyl (C=O) groups excluding carboxylic acids is 1. The Hall–Kier alpha value is -3.83. The van der Waals surface area contributed by atoms with Gasteiger partial charge in [-0.05, 0) is 48.4 Å². The summed E-state index contributed by atoms with van der Waals surface area (Å²) < 4.78 is 52.2. The quantitative estimate of drug-likeness (QED) is 0.318. The molecule has 0 unspecified atom stereocenters. The molecule has 4 rings (SSSR count). The molecule has 11 heteroatoms. The molecule has 8 nitrogen and oxygen atoms in total. The van der Waals surface area contributed by atoms with Crippen LogP contribution in [0.1, 0.15) is 15.9 Å². The second-order valence-electron chi connectivity index (χ2n) is 7.63. The molecule has 1 amide bonds. The number of hydrogen-bond donors (Lipinski definition) is 4. The zero-order valence-corrected chi connectivity index (χ0v) is 18.7. The van der Waals surface area contributed by atoms with E-state index in [0.29, 0.717) is 12.1 Å². The summed E-state index contributed by atoms with van der Waals surface area (Å²) in [5, 5.41) is 12.9. The third-order valence-electron chi connectivity index (χ3n) is 5.04. The van der Waals surface area contributed by atoms with Crippen LogP contribution in [0.2, 0.25) is 0 Å². The van der Waals surface area contributed by atoms with Crippen LogP contribution >= 0.6 is 0 Å². The van der Waals surface area contributed by atoms with Crippen LogP contribution in [-0.2, 0) is 16.4 Å². The average Bonchev–Trinajstić information content (AvgIpc) is 3.20. The van der Waals surface area contributed by atoms with E-state index in [9.17, 15) is 27.1 Å². The normalized spacial score (nSPS) is 11.6. The fourth-order valence-corrected chi connectivity index (χ4v) is 3.88. The van der Waals surface area contributed by atoms with Crippen LogP contribution in [0.25, 0.3) is 22.4 Å². The zero-order valence-electron chi connectivity index (χ0n) is 17.9. The first-order valence-electron chi connectivity index (χ1n) is 10.1. The molecule has 3 aromatic carbocycles. The number of aromatic amines is 1. The van der Waals surface area contributed by atoms with Crippen molar-refractivity contribution in [2.75, 3.05) is 18.1 Å². The van der Waals surface area contributed by atoms with Gasteiger partial charge < -0.3 is 15.4 Å². The Morgan fingerprint density at radius 3 is 2.50 bits per heavy atom. The van der Waals surface area contributed by atoms with Gasteiger partial charge in [-0.15, -0.1) is 0 Å². The molecule has 176 valence electrons. The highest BCUT2D eigenvalue weighted by atomic mass is 32.2. The van der Waals surface area contributed by atoms with Gasteiger partial charge >= 0.3 is 0 Å². The lowest BCUT2D eigenvalue weighted by Crippen LogP contribution is -2.24. The number of aromatic nitrogens is 2. The molecule has 0 aliphatic carbocycles. The van der Waals surface area contributed by atoms with E-state index in [0.717, 1.165) is 24.0 Å². The van der Waals surface area contributed by atoms with Crippen molar-refractivity contribution in [1.82, 2.24) is 14.7 Å². The number of aromatic hydroxyl groups is 1. The maximum absolute atomic E-state index is 14.2. The van der Waals surface area contributed by atoms with Crippen molar-refractivity contribution in [3.05, 3.63) is 77.4 Å². The van der Waals surface area contributed by atoms with Crippen LogP contribution in [0, 0.1) is 11.6 Å². The Kier molecular flexibility index (Phi) is 6.31. The van der Waals surface area contributed by atoms with Gasteiger partial charge in [0.25, 0.3) is 5.91 Å². The van der Waals surface area contributed by atoms with E-state index in [4.69, 9.17) is 0 Å². The molecule has 0 atom stereocenters. The van der Waals surface area contributed by atoms with Crippen molar-refractivity contribution in [3.63, 3.8) is 0 Å². The highest BCUT2D eigenvalue weighted by Crippen LogP contribution is 2.30. The van der Waals surface area contributed by atoms with Crippen LogP contribution in [0.5, 0.6) is 5.75 Å². The molecule has 1 aromatic heterocycles. The molecule has 0 bridgehead atoms. The van der Waals surface area contributed by atoms with Gasteiger partial charge in [0.15, 0.2) is 0 Å². The second-order valence-corrected chi connectivity index (χ2v) is 9.47. The summed E-state index contributed by atoms with van der Waals surface area (Å²) in [5.74, 6) is -2.22. The van der Waals surface area contributed by atoms with Gasteiger partial charge in [0.1, 0.15) is 34.2 Å². The number of nitrogens with one attached hydrogen (secondary N) is 3. The molecule has 0 fully saturated rings. The number of rotatable bonds is 7. The molecule has 0 aliphatic heterocycles. The lowest BCUT2D eigenvalue weighted by atomic mass is 10.1. The number of halogens is 2. The highest BCUT2D eigenvalue weighted by Gasteiger charge is 2.19. The number of imidazole rings is 1. The number of sulfonamides is 1. The largest absolute Gasteiger partial charge is 0.506 e. The average molecular weight is 487 g/mol. The number of phenolic OH excluding ortho intramolecular Hbond substituents is 1. The maximum Gasteiger partial charge on any atom is 0.257 e. The smallest absolute Gasteiger partial charge is 0.257 e. The van der Waals surface area contributed by atoms with Crippen LogP contribution < -0.4 is 10.0 Å². The van der Waals surface area contributed by atoms with E-state index in [1.165, 1.54) is 18.2 Å². The molecular formula is C23H20F2N4O4S. The minimum atomic E-state index is -3.26. The summed E-state index contributed by atoms with van der Waals surface area (Å²) in [5.41, 5.74) is 1.76. The zero-order chi connectivity index (χ0) is 24.5. The van der Waals surface area contributed by atoms with Gasteiger partial charge in [0, 0.05) is 18.3 Å². The summed E-state index contributed by atoms with van der Waals surface area (Å²) in [7, 11) is -3.26. The number of hydrogen-bond acceptors (Lipinski definition) is 5. The van der Waals surface area contributed by atoms with Gasteiger partial charge in [-0.3, -0.25) is 4.79 Å². The molecule has 0 spiro atoms. The van der Waals surface area contributed by atoms with Crippen LogP contribution in [0.3, 0.4) is 0 Å². The number of H-pyrrole nitrogens is 1. The standard InChI is InChI=1S/C23H20F2N4O4S/c1-34(32,33)26-11-10-13-2-5-15(6-3-13)27-23(31)17-8-9-19(30)21-20(17)28-22(29-21)16-7-4-14(24)12-18(16)25/h2-9,12,26,30H,10-11H2,1H3,(H,27,31)(H,28,29). The van der Waals surface area contributed by atoms with Crippen LogP contribution in [0.15, 0.2) is 54.6 Å². The van der Waals surface area contributed by atoms with Crippen molar-refractivity contribution in [2.45, 2.75) is 6.42 Å².